The minimum atomic E-state index is -0.551. The van der Waals surface area contributed by atoms with E-state index in [0.717, 1.165) is 25.1 Å². The molecule has 1 aliphatic heterocycles. The van der Waals surface area contributed by atoms with Crippen LogP contribution in [0.25, 0.3) is 0 Å². The Bertz CT molecular complexity index is 644. The van der Waals surface area contributed by atoms with Crippen LogP contribution < -0.4 is 4.74 Å². The third kappa shape index (κ3) is 3.61. The van der Waals surface area contributed by atoms with Crippen molar-refractivity contribution in [1.29, 1.82) is 0 Å². The van der Waals surface area contributed by atoms with Gasteiger partial charge in [0.2, 0.25) is 0 Å². The Labute approximate surface area is 134 Å². The Hall–Kier alpha value is -1.56. The normalized spacial score (nSPS) is 16.3. The number of aryl methyl sites for hydroxylation is 1. The topological polar surface area (TPSA) is 61.4 Å². The molecule has 118 valence electrons. The predicted octanol–water partition coefficient (Wildman–Crippen LogP) is 2.17. The average molecular weight is 322 g/mol. The highest BCUT2D eigenvalue weighted by atomic mass is 35.5. The molecule has 5 nitrogen and oxygen atoms in total. The van der Waals surface area contributed by atoms with E-state index in [1.165, 1.54) is 11.3 Å². The molecule has 0 fully saturated rings. The molecule has 0 radical (unpaired) electrons. The lowest BCUT2D eigenvalue weighted by Gasteiger charge is -2.28. The number of hydrogen-bond acceptors (Lipinski definition) is 4. The minimum Gasteiger partial charge on any atom is -0.489 e. The summed E-state index contributed by atoms with van der Waals surface area (Å²) in [5.41, 5.74) is 3.49. The number of nitrogens with zero attached hydrogens (tertiary/aromatic N) is 2. The van der Waals surface area contributed by atoms with Gasteiger partial charge in [-0.2, -0.15) is 5.10 Å². The second-order valence-electron chi connectivity index (χ2n) is 5.76. The van der Waals surface area contributed by atoms with Gasteiger partial charge < -0.3 is 9.84 Å². The van der Waals surface area contributed by atoms with Crippen LogP contribution in [0.15, 0.2) is 24.4 Å². The monoisotopic (exact) mass is 321 g/mol. The standard InChI is InChI=1S/C16H20ClN3O2/c1-11-2-3-14(17)16(6-11)22-10-13(21)9-20-5-4-15-12(8-20)7-18-19-15/h2-3,6-7,13,21H,4-5,8-10H2,1H3,(H,18,19). The van der Waals surface area contributed by atoms with Crippen LogP contribution in [0, 0.1) is 6.92 Å². The van der Waals surface area contributed by atoms with Crippen LogP contribution in [0.4, 0.5) is 0 Å². The number of rotatable bonds is 5. The lowest BCUT2D eigenvalue weighted by Crippen LogP contribution is -2.38. The molecule has 2 heterocycles. The van der Waals surface area contributed by atoms with Crippen LogP contribution in [0.1, 0.15) is 16.8 Å². The maximum absolute atomic E-state index is 10.2. The summed E-state index contributed by atoms with van der Waals surface area (Å²) in [5, 5.41) is 17.8. The van der Waals surface area contributed by atoms with E-state index in [4.69, 9.17) is 16.3 Å². The number of fused-ring (bicyclic) bond motifs is 1. The van der Waals surface area contributed by atoms with Gasteiger partial charge in [-0.3, -0.25) is 10.00 Å². The summed E-state index contributed by atoms with van der Waals surface area (Å²) in [7, 11) is 0. The second-order valence-corrected chi connectivity index (χ2v) is 6.16. The van der Waals surface area contributed by atoms with Crippen LogP contribution >= 0.6 is 11.6 Å². The van der Waals surface area contributed by atoms with Gasteiger partial charge in [-0.15, -0.1) is 0 Å². The van der Waals surface area contributed by atoms with Crippen molar-refractivity contribution in [3.63, 3.8) is 0 Å². The van der Waals surface area contributed by atoms with Crippen molar-refractivity contribution < 1.29 is 9.84 Å². The number of aliphatic hydroxyl groups excluding tert-OH is 1. The Kier molecular flexibility index (Phi) is 4.66. The van der Waals surface area contributed by atoms with E-state index < -0.39 is 6.10 Å². The number of halogens is 1. The van der Waals surface area contributed by atoms with Crippen molar-refractivity contribution >= 4 is 11.6 Å². The number of aromatic amines is 1. The van der Waals surface area contributed by atoms with Crippen LogP contribution in [0.5, 0.6) is 5.75 Å². The highest BCUT2D eigenvalue weighted by Crippen LogP contribution is 2.25. The van der Waals surface area contributed by atoms with E-state index >= 15 is 0 Å². The maximum atomic E-state index is 10.2. The van der Waals surface area contributed by atoms with Crippen molar-refractivity contribution in [2.24, 2.45) is 0 Å². The minimum absolute atomic E-state index is 0.234. The van der Waals surface area contributed by atoms with E-state index in [0.29, 0.717) is 17.3 Å². The van der Waals surface area contributed by atoms with Gasteiger partial charge in [0.15, 0.2) is 0 Å². The van der Waals surface area contributed by atoms with Gasteiger partial charge >= 0.3 is 0 Å². The molecule has 6 heteroatoms. The first-order chi connectivity index (χ1) is 10.6. The number of aliphatic hydroxyl groups is 1. The highest BCUT2D eigenvalue weighted by Gasteiger charge is 2.20. The SMILES string of the molecule is Cc1ccc(Cl)c(OCC(O)CN2CCc3[nH]ncc3C2)c1. The largest absolute Gasteiger partial charge is 0.489 e. The van der Waals surface area contributed by atoms with E-state index in [2.05, 4.69) is 15.1 Å². The smallest absolute Gasteiger partial charge is 0.138 e. The van der Waals surface area contributed by atoms with Gasteiger partial charge in [-0.05, 0) is 24.6 Å². The third-order valence-electron chi connectivity index (χ3n) is 3.87. The number of hydrogen-bond donors (Lipinski definition) is 2. The lowest BCUT2D eigenvalue weighted by atomic mass is 10.1. The van der Waals surface area contributed by atoms with Crippen molar-refractivity contribution in [1.82, 2.24) is 15.1 Å². The Morgan fingerprint density at radius 3 is 3.23 bits per heavy atom. The summed E-state index contributed by atoms with van der Waals surface area (Å²) in [5.74, 6) is 0.622. The van der Waals surface area contributed by atoms with Gasteiger partial charge in [0.05, 0.1) is 11.2 Å². The molecule has 0 spiro atoms. The quantitative estimate of drug-likeness (QED) is 0.886. The third-order valence-corrected chi connectivity index (χ3v) is 4.18. The van der Waals surface area contributed by atoms with Gasteiger partial charge in [-0.25, -0.2) is 0 Å². The zero-order chi connectivity index (χ0) is 15.5. The molecule has 1 aromatic heterocycles. The molecule has 0 saturated carbocycles. The Balaban J connectivity index is 1.51. The molecule has 0 saturated heterocycles. The first kappa shape index (κ1) is 15.3. The maximum Gasteiger partial charge on any atom is 0.138 e. The first-order valence-corrected chi connectivity index (χ1v) is 7.80. The number of benzene rings is 1. The van der Waals surface area contributed by atoms with Crippen molar-refractivity contribution in [2.75, 3.05) is 19.7 Å². The van der Waals surface area contributed by atoms with Gasteiger partial charge in [0.1, 0.15) is 18.5 Å². The van der Waals surface area contributed by atoms with Crippen LogP contribution in [-0.4, -0.2) is 46.0 Å². The zero-order valence-electron chi connectivity index (χ0n) is 12.6. The number of ether oxygens (including phenoxy) is 1. The van der Waals surface area contributed by atoms with Gasteiger partial charge in [-0.1, -0.05) is 17.7 Å². The average Bonchev–Trinajstić information content (AvgIpc) is 2.96. The molecule has 22 heavy (non-hydrogen) atoms. The van der Waals surface area contributed by atoms with Crippen molar-refractivity contribution in [3.05, 3.63) is 46.2 Å². The van der Waals surface area contributed by atoms with Crippen LogP contribution in [0.2, 0.25) is 5.02 Å². The molecule has 2 N–H and O–H groups in total. The van der Waals surface area contributed by atoms with E-state index in [-0.39, 0.29) is 6.61 Å². The van der Waals surface area contributed by atoms with Gasteiger partial charge in [0, 0.05) is 37.3 Å². The number of nitrogens with one attached hydrogen (secondary N) is 1. The molecule has 2 aromatic rings. The Morgan fingerprint density at radius 1 is 1.50 bits per heavy atom. The molecule has 0 amide bonds. The summed E-state index contributed by atoms with van der Waals surface area (Å²) < 4.78 is 5.65. The fourth-order valence-electron chi connectivity index (χ4n) is 2.69. The lowest BCUT2D eigenvalue weighted by molar-refractivity contribution is 0.0637. The molecule has 0 aliphatic carbocycles. The number of β-amino-alcohol motifs (C(OH)–C–C–N with tert-alkyl or cyclic N) is 1. The summed E-state index contributed by atoms with van der Waals surface area (Å²) in [6.45, 7) is 4.52. The van der Waals surface area contributed by atoms with Gasteiger partial charge in [0.25, 0.3) is 0 Å². The molecule has 3 rings (SSSR count). The molecule has 1 unspecified atom stereocenters. The highest BCUT2D eigenvalue weighted by molar-refractivity contribution is 6.32. The van der Waals surface area contributed by atoms with Crippen LogP contribution in [-0.2, 0) is 13.0 Å². The predicted molar refractivity (Wildman–Crippen MR) is 85.3 cm³/mol. The number of H-pyrrole nitrogens is 1. The van der Waals surface area contributed by atoms with Crippen molar-refractivity contribution in [3.8, 4) is 5.75 Å². The number of aromatic nitrogens is 2. The fraction of sp³-hybridized carbons (Fsp3) is 0.438. The summed E-state index contributed by atoms with van der Waals surface area (Å²) in [6, 6.07) is 5.62. The molecule has 0 bridgehead atoms. The molecule has 1 aromatic carbocycles. The molecule has 1 aliphatic rings. The fourth-order valence-corrected chi connectivity index (χ4v) is 2.87. The first-order valence-electron chi connectivity index (χ1n) is 7.42. The molecular weight excluding hydrogens is 302 g/mol. The second kappa shape index (κ2) is 6.69. The van der Waals surface area contributed by atoms with E-state index in [1.54, 1.807) is 0 Å². The zero-order valence-corrected chi connectivity index (χ0v) is 13.3. The van der Waals surface area contributed by atoms with Crippen molar-refractivity contribution in [2.45, 2.75) is 26.0 Å². The summed E-state index contributed by atoms with van der Waals surface area (Å²) >= 11 is 6.09. The molecular formula is C16H20ClN3O2. The van der Waals surface area contributed by atoms with E-state index in [9.17, 15) is 5.11 Å². The Morgan fingerprint density at radius 2 is 2.36 bits per heavy atom. The molecule has 1 atom stereocenters. The summed E-state index contributed by atoms with van der Waals surface area (Å²) in [4.78, 5) is 2.21. The van der Waals surface area contributed by atoms with E-state index in [1.807, 2.05) is 31.3 Å². The van der Waals surface area contributed by atoms with Crippen LogP contribution in [0.3, 0.4) is 0 Å². The summed E-state index contributed by atoms with van der Waals surface area (Å²) in [6.07, 6.45) is 2.24.